The second-order valence-electron chi connectivity index (χ2n) is 4.82. The third-order valence-corrected chi connectivity index (χ3v) is 4.24. The molecule has 0 aliphatic carbocycles. The van der Waals surface area contributed by atoms with E-state index in [0.717, 1.165) is 11.8 Å². The Kier molecular flexibility index (Phi) is 4.95. The van der Waals surface area contributed by atoms with Crippen molar-refractivity contribution in [2.75, 3.05) is 0 Å². The molecule has 0 fully saturated rings. The largest absolute Gasteiger partial charge is 0.297 e. The lowest BCUT2D eigenvalue weighted by Crippen LogP contribution is -2.03. The van der Waals surface area contributed by atoms with Crippen molar-refractivity contribution in [2.24, 2.45) is 0 Å². The van der Waals surface area contributed by atoms with Gasteiger partial charge in [0.2, 0.25) is 0 Å². The van der Waals surface area contributed by atoms with Crippen molar-refractivity contribution >= 4 is 11.8 Å². The van der Waals surface area contributed by atoms with Gasteiger partial charge in [-0.15, -0.1) is 16.8 Å². The SMILES string of the molecule is C=CCn1c(Sc2ncnc(CC)c2F)nnc1-c1ccccn1. The van der Waals surface area contributed by atoms with Crippen LogP contribution in [0, 0.1) is 5.82 Å². The van der Waals surface area contributed by atoms with Crippen molar-refractivity contribution in [3.05, 3.63) is 54.9 Å². The van der Waals surface area contributed by atoms with Gasteiger partial charge in [-0.3, -0.25) is 9.55 Å². The monoisotopic (exact) mass is 342 g/mol. The van der Waals surface area contributed by atoms with Crippen molar-refractivity contribution in [2.45, 2.75) is 30.1 Å². The first-order valence-electron chi connectivity index (χ1n) is 7.37. The second-order valence-corrected chi connectivity index (χ2v) is 5.77. The average Bonchev–Trinajstić information content (AvgIpc) is 3.00. The van der Waals surface area contributed by atoms with Crippen LogP contribution in [0.4, 0.5) is 4.39 Å². The molecule has 0 atom stereocenters. The highest BCUT2D eigenvalue weighted by Gasteiger charge is 2.18. The summed E-state index contributed by atoms with van der Waals surface area (Å²) in [6.45, 7) is 6.08. The number of hydrogen-bond donors (Lipinski definition) is 0. The molecule has 0 aliphatic heterocycles. The molecule has 0 N–H and O–H groups in total. The highest BCUT2D eigenvalue weighted by atomic mass is 32.2. The summed E-state index contributed by atoms with van der Waals surface area (Å²) in [5, 5.41) is 9.11. The van der Waals surface area contributed by atoms with Crippen LogP contribution in [0.15, 0.2) is 53.6 Å². The average molecular weight is 342 g/mol. The van der Waals surface area contributed by atoms with Crippen molar-refractivity contribution in [1.82, 2.24) is 29.7 Å². The number of rotatable bonds is 6. The molecule has 0 saturated heterocycles. The summed E-state index contributed by atoms with van der Waals surface area (Å²) < 4.78 is 16.2. The van der Waals surface area contributed by atoms with Crippen LogP contribution < -0.4 is 0 Å². The lowest BCUT2D eigenvalue weighted by molar-refractivity contribution is 0.558. The Morgan fingerprint density at radius 2 is 2.12 bits per heavy atom. The van der Waals surface area contributed by atoms with Gasteiger partial charge in [0.15, 0.2) is 16.8 Å². The van der Waals surface area contributed by atoms with Crippen molar-refractivity contribution in [3.63, 3.8) is 0 Å². The van der Waals surface area contributed by atoms with Crippen molar-refractivity contribution in [3.8, 4) is 11.5 Å². The summed E-state index contributed by atoms with van der Waals surface area (Å²) in [5.41, 5.74) is 1.07. The number of aromatic nitrogens is 6. The van der Waals surface area contributed by atoms with Crippen LogP contribution in [0.5, 0.6) is 0 Å². The molecule has 3 aromatic rings. The van der Waals surface area contributed by atoms with Gasteiger partial charge in [-0.05, 0) is 30.3 Å². The highest BCUT2D eigenvalue weighted by molar-refractivity contribution is 7.99. The molecule has 0 radical (unpaired) electrons. The Balaban J connectivity index is 2.00. The quantitative estimate of drug-likeness (QED) is 0.506. The fourth-order valence-electron chi connectivity index (χ4n) is 2.13. The molecule has 0 unspecified atom stereocenters. The maximum atomic E-state index is 14.4. The predicted octanol–water partition coefficient (Wildman–Crippen LogP) is 3.17. The lowest BCUT2D eigenvalue weighted by Gasteiger charge is -2.08. The van der Waals surface area contributed by atoms with E-state index in [-0.39, 0.29) is 5.03 Å². The van der Waals surface area contributed by atoms with Gasteiger partial charge >= 0.3 is 0 Å². The minimum atomic E-state index is -0.419. The van der Waals surface area contributed by atoms with E-state index < -0.39 is 5.82 Å². The van der Waals surface area contributed by atoms with E-state index in [1.807, 2.05) is 29.7 Å². The number of nitrogens with zero attached hydrogens (tertiary/aromatic N) is 6. The van der Waals surface area contributed by atoms with Crippen LogP contribution in [-0.2, 0) is 13.0 Å². The molecule has 0 saturated carbocycles. The van der Waals surface area contributed by atoms with Gasteiger partial charge in [0.05, 0.1) is 5.69 Å². The molecule has 3 aromatic heterocycles. The third-order valence-electron chi connectivity index (χ3n) is 3.28. The normalized spacial score (nSPS) is 10.8. The highest BCUT2D eigenvalue weighted by Crippen LogP contribution is 2.30. The fourth-order valence-corrected chi connectivity index (χ4v) is 2.97. The Labute approximate surface area is 142 Å². The van der Waals surface area contributed by atoms with Crippen LogP contribution >= 0.6 is 11.8 Å². The first kappa shape index (κ1) is 16.3. The van der Waals surface area contributed by atoms with E-state index in [2.05, 4.69) is 31.7 Å². The van der Waals surface area contributed by atoms with E-state index in [0.29, 0.717) is 35.3 Å². The fraction of sp³-hybridized carbons (Fsp3) is 0.188. The number of aryl methyl sites for hydroxylation is 1. The van der Waals surface area contributed by atoms with Gasteiger partial charge in [0.1, 0.15) is 17.0 Å². The summed E-state index contributed by atoms with van der Waals surface area (Å²) in [5.74, 6) is 0.181. The molecule has 6 nitrogen and oxygen atoms in total. The molecular formula is C16H15FN6S. The van der Waals surface area contributed by atoms with Gasteiger partial charge in [-0.1, -0.05) is 19.1 Å². The molecule has 3 rings (SSSR count). The molecule has 122 valence electrons. The predicted molar refractivity (Wildman–Crippen MR) is 88.9 cm³/mol. The summed E-state index contributed by atoms with van der Waals surface area (Å²) in [6.07, 6.45) is 5.28. The maximum Gasteiger partial charge on any atom is 0.198 e. The molecule has 0 amide bonds. The molecular weight excluding hydrogens is 327 g/mol. The Morgan fingerprint density at radius 3 is 2.83 bits per heavy atom. The smallest absolute Gasteiger partial charge is 0.198 e. The number of halogens is 1. The molecule has 0 spiro atoms. The Morgan fingerprint density at radius 1 is 1.25 bits per heavy atom. The van der Waals surface area contributed by atoms with Crippen LogP contribution in [-0.4, -0.2) is 29.7 Å². The van der Waals surface area contributed by atoms with Gasteiger partial charge in [0.25, 0.3) is 0 Å². The van der Waals surface area contributed by atoms with Crippen LogP contribution in [0.3, 0.4) is 0 Å². The van der Waals surface area contributed by atoms with Crippen LogP contribution in [0.25, 0.3) is 11.5 Å². The molecule has 8 heteroatoms. The van der Waals surface area contributed by atoms with E-state index >= 15 is 0 Å². The second kappa shape index (κ2) is 7.31. The standard InChI is InChI=1S/C16H15FN6S/c1-3-9-23-14(12-7-5-6-8-18-12)21-22-16(23)24-15-13(17)11(4-2)19-10-20-15/h3,5-8,10H,1,4,9H2,2H3. The summed E-state index contributed by atoms with van der Waals surface area (Å²) in [6, 6.07) is 5.55. The summed E-state index contributed by atoms with van der Waals surface area (Å²) in [4.78, 5) is 12.3. The zero-order valence-electron chi connectivity index (χ0n) is 13.1. The zero-order chi connectivity index (χ0) is 16.9. The molecule has 0 aliphatic rings. The third kappa shape index (κ3) is 3.18. The summed E-state index contributed by atoms with van der Waals surface area (Å²) >= 11 is 1.11. The van der Waals surface area contributed by atoms with Crippen molar-refractivity contribution in [1.29, 1.82) is 0 Å². The van der Waals surface area contributed by atoms with E-state index in [1.54, 1.807) is 12.3 Å². The number of pyridine rings is 1. The Bertz CT molecular complexity index is 849. The van der Waals surface area contributed by atoms with E-state index in [4.69, 9.17) is 0 Å². The molecule has 0 bridgehead atoms. The van der Waals surface area contributed by atoms with E-state index in [9.17, 15) is 4.39 Å². The van der Waals surface area contributed by atoms with Gasteiger partial charge < -0.3 is 0 Å². The Hall–Kier alpha value is -2.61. The van der Waals surface area contributed by atoms with Gasteiger partial charge in [0, 0.05) is 12.7 Å². The van der Waals surface area contributed by atoms with Crippen LogP contribution in [0.1, 0.15) is 12.6 Å². The maximum absolute atomic E-state index is 14.4. The van der Waals surface area contributed by atoms with Gasteiger partial charge in [-0.25, -0.2) is 14.4 Å². The number of hydrogen-bond acceptors (Lipinski definition) is 6. The summed E-state index contributed by atoms with van der Waals surface area (Å²) in [7, 11) is 0. The van der Waals surface area contributed by atoms with Crippen molar-refractivity contribution < 1.29 is 4.39 Å². The van der Waals surface area contributed by atoms with E-state index in [1.165, 1.54) is 6.33 Å². The minimum absolute atomic E-state index is 0.229. The first-order chi connectivity index (χ1) is 11.7. The molecule has 3 heterocycles. The minimum Gasteiger partial charge on any atom is -0.297 e. The molecule has 24 heavy (non-hydrogen) atoms. The van der Waals surface area contributed by atoms with Gasteiger partial charge in [-0.2, -0.15) is 0 Å². The zero-order valence-corrected chi connectivity index (χ0v) is 13.9. The lowest BCUT2D eigenvalue weighted by atomic mass is 10.3. The topological polar surface area (TPSA) is 69.4 Å². The van der Waals surface area contributed by atoms with Crippen LogP contribution in [0.2, 0.25) is 0 Å². The number of allylic oxidation sites excluding steroid dienone is 1. The molecule has 0 aromatic carbocycles. The first-order valence-corrected chi connectivity index (χ1v) is 8.19.